The lowest BCUT2D eigenvalue weighted by atomic mass is 10.1. The average molecular weight is 527 g/mol. The van der Waals surface area contributed by atoms with E-state index < -0.39 is 42.2 Å². The Bertz CT molecular complexity index is 1170. The standard InChI is InChI=1S/C22H15ClF8N2O2/c23-14-8-18(11-32-10-14)35-17-6-2-5-16(9-17)33(12-19(34)21(26,27)28)15-4-1-3-13(7-15)20(24,25)22(29,30)31/h1-11,19,34H,12H2. The fourth-order valence-corrected chi connectivity index (χ4v) is 3.13. The number of hydrogen-bond acceptors (Lipinski definition) is 4. The molecule has 2 aromatic carbocycles. The summed E-state index contributed by atoms with van der Waals surface area (Å²) in [5.74, 6) is -5.03. The van der Waals surface area contributed by atoms with Gasteiger partial charge in [-0.25, -0.2) is 0 Å². The minimum atomic E-state index is -5.93. The van der Waals surface area contributed by atoms with Crippen LogP contribution in [-0.2, 0) is 5.92 Å². The van der Waals surface area contributed by atoms with Gasteiger partial charge < -0.3 is 14.7 Å². The molecule has 13 heteroatoms. The lowest BCUT2D eigenvalue weighted by Crippen LogP contribution is -2.39. The van der Waals surface area contributed by atoms with Crippen LogP contribution in [0, 0.1) is 0 Å². The van der Waals surface area contributed by atoms with Gasteiger partial charge >= 0.3 is 18.3 Å². The topological polar surface area (TPSA) is 45.6 Å². The van der Waals surface area contributed by atoms with Crippen molar-refractivity contribution in [2.45, 2.75) is 24.4 Å². The second kappa shape index (κ2) is 9.86. The van der Waals surface area contributed by atoms with Gasteiger partial charge in [0.15, 0.2) is 6.10 Å². The van der Waals surface area contributed by atoms with Crippen LogP contribution in [0.3, 0.4) is 0 Å². The molecule has 0 bridgehead atoms. The summed E-state index contributed by atoms with van der Waals surface area (Å²) in [6.07, 6.45) is -11.3. The quantitative estimate of drug-likeness (QED) is 0.330. The van der Waals surface area contributed by atoms with Gasteiger partial charge in [-0.15, -0.1) is 0 Å². The molecule has 0 aliphatic heterocycles. The first kappa shape index (κ1) is 26.5. The summed E-state index contributed by atoms with van der Waals surface area (Å²) in [7, 11) is 0. The Labute approximate surface area is 198 Å². The molecule has 1 heterocycles. The lowest BCUT2D eigenvalue weighted by molar-refractivity contribution is -0.289. The normalized spacial score (nSPS) is 13.4. The summed E-state index contributed by atoms with van der Waals surface area (Å²) in [6.45, 7) is -1.20. The van der Waals surface area contributed by atoms with Crippen LogP contribution in [0.5, 0.6) is 11.5 Å². The van der Waals surface area contributed by atoms with E-state index in [0.29, 0.717) is 12.1 Å². The van der Waals surface area contributed by atoms with Crippen LogP contribution in [0.4, 0.5) is 46.5 Å². The number of halogens is 9. The van der Waals surface area contributed by atoms with Gasteiger partial charge in [0.2, 0.25) is 0 Å². The van der Waals surface area contributed by atoms with Gasteiger partial charge in [-0.05, 0) is 24.3 Å². The fraction of sp³-hybridized carbons (Fsp3) is 0.227. The van der Waals surface area contributed by atoms with Crippen LogP contribution in [0.25, 0.3) is 0 Å². The minimum absolute atomic E-state index is 0.0647. The first-order valence-electron chi connectivity index (χ1n) is 9.64. The molecule has 4 nitrogen and oxygen atoms in total. The third-order valence-electron chi connectivity index (χ3n) is 4.65. The Morgan fingerprint density at radius 2 is 1.49 bits per heavy atom. The van der Waals surface area contributed by atoms with Gasteiger partial charge in [0.25, 0.3) is 0 Å². The van der Waals surface area contributed by atoms with Gasteiger partial charge in [-0.1, -0.05) is 29.8 Å². The van der Waals surface area contributed by atoms with Crippen molar-refractivity contribution in [3.05, 3.63) is 77.6 Å². The van der Waals surface area contributed by atoms with Crippen LogP contribution < -0.4 is 9.64 Å². The van der Waals surface area contributed by atoms with Crippen LogP contribution in [0.2, 0.25) is 5.02 Å². The molecule has 0 saturated heterocycles. The minimum Gasteiger partial charge on any atom is -0.456 e. The second-order valence-corrected chi connectivity index (χ2v) is 7.67. The van der Waals surface area contributed by atoms with E-state index in [2.05, 4.69) is 4.98 Å². The summed E-state index contributed by atoms with van der Waals surface area (Å²) in [5.41, 5.74) is -2.02. The Morgan fingerprint density at radius 1 is 0.857 bits per heavy atom. The zero-order valence-corrected chi connectivity index (χ0v) is 18.0. The number of anilines is 2. The lowest BCUT2D eigenvalue weighted by Gasteiger charge is -2.29. The molecule has 0 radical (unpaired) electrons. The highest BCUT2D eigenvalue weighted by molar-refractivity contribution is 6.30. The van der Waals surface area contributed by atoms with E-state index in [-0.39, 0.29) is 22.2 Å². The first-order chi connectivity index (χ1) is 16.2. The summed E-state index contributed by atoms with van der Waals surface area (Å²) >= 11 is 5.83. The van der Waals surface area contributed by atoms with Crippen LogP contribution in [-0.4, -0.2) is 35.1 Å². The predicted molar refractivity (Wildman–Crippen MR) is 111 cm³/mol. The Hall–Kier alpha value is -3.12. The van der Waals surface area contributed by atoms with Gasteiger partial charge in [0.1, 0.15) is 11.5 Å². The number of aromatic nitrogens is 1. The van der Waals surface area contributed by atoms with Gasteiger partial charge in [0, 0.05) is 35.3 Å². The van der Waals surface area contributed by atoms with E-state index in [4.69, 9.17) is 16.3 Å². The predicted octanol–water partition coefficient (Wildman–Crippen LogP) is 7.24. The molecule has 0 aliphatic rings. The van der Waals surface area contributed by atoms with Crippen molar-refractivity contribution in [2.75, 3.05) is 11.4 Å². The van der Waals surface area contributed by atoms with Crippen molar-refractivity contribution in [2.24, 2.45) is 0 Å². The molecule has 0 aliphatic carbocycles. The zero-order chi connectivity index (χ0) is 26.0. The molecule has 0 amide bonds. The maximum atomic E-state index is 13.9. The number of ether oxygens (including phenoxy) is 1. The molecule has 1 atom stereocenters. The van der Waals surface area contributed by atoms with E-state index in [1.807, 2.05) is 0 Å². The molecular weight excluding hydrogens is 512 g/mol. The summed E-state index contributed by atoms with van der Waals surface area (Å²) in [4.78, 5) is 4.56. The van der Waals surface area contributed by atoms with Gasteiger partial charge in [-0.3, -0.25) is 4.98 Å². The van der Waals surface area contributed by atoms with E-state index in [1.165, 1.54) is 42.7 Å². The Balaban J connectivity index is 2.04. The molecule has 1 aromatic heterocycles. The molecule has 3 aromatic rings. The van der Waals surface area contributed by atoms with Crippen molar-refractivity contribution >= 4 is 23.0 Å². The van der Waals surface area contributed by atoms with Crippen molar-refractivity contribution < 1.29 is 45.0 Å². The molecule has 0 fully saturated rings. The highest BCUT2D eigenvalue weighted by Crippen LogP contribution is 2.45. The number of aliphatic hydroxyl groups is 1. The number of hydrogen-bond donors (Lipinski definition) is 1. The average Bonchev–Trinajstić information content (AvgIpc) is 2.76. The van der Waals surface area contributed by atoms with E-state index >= 15 is 0 Å². The molecule has 0 spiro atoms. The Kier molecular flexibility index (Phi) is 7.46. The maximum absolute atomic E-state index is 13.9. The molecule has 1 N–H and O–H groups in total. The van der Waals surface area contributed by atoms with Crippen molar-refractivity contribution in [1.29, 1.82) is 0 Å². The fourth-order valence-electron chi connectivity index (χ4n) is 2.97. The highest BCUT2D eigenvalue weighted by Gasteiger charge is 2.58. The third kappa shape index (κ3) is 6.31. The van der Waals surface area contributed by atoms with Gasteiger partial charge in [0.05, 0.1) is 17.8 Å². The molecular formula is C22H15ClF8N2O2. The van der Waals surface area contributed by atoms with Crippen LogP contribution in [0.15, 0.2) is 67.0 Å². The number of benzene rings is 2. The molecule has 1 unspecified atom stereocenters. The number of nitrogens with zero attached hydrogens (tertiary/aromatic N) is 2. The monoisotopic (exact) mass is 526 g/mol. The Morgan fingerprint density at radius 3 is 2.09 bits per heavy atom. The number of pyridine rings is 1. The van der Waals surface area contributed by atoms with E-state index in [0.717, 1.165) is 17.0 Å². The van der Waals surface area contributed by atoms with Gasteiger partial charge in [-0.2, -0.15) is 35.1 Å². The smallest absolute Gasteiger partial charge is 0.456 e. The van der Waals surface area contributed by atoms with Crippen molar-refractivity contribution in [3.63, 3.8) is 0 Å². The summed E-state index contributed by atoms with van der Waals surface area (Å²) in [6, 6.07) is 9.42. The third-order valence-corrected chi connectivity index (χ3v) is 4.86. The zero-order valence-electron chi connectivity index (χ0n) is 17.3. The molecule has 3 rings (SSSR count). The summed E-state index contributed by atoms with van der Waals surface area (Å²) < 4.78 is 111. The van der Waals surface area contributed by atoms with E-state index in [1.54, 1.807) is 0 Å². The number of rotatable bonds is 7. The van der Waals surface area contributed by atoms with Crippen molar-refractivity contribution in [1.82, 2.24) is 4.98 Å². The SMILES string of the molecule is OC(CN(c1cccc(Oc2cncc(Cl)c2)c1)c1cccc(C(F)(F)C(F)(F)F)c1)C(F)(F)F. The van der Waals surface area contributed by atoms with Crippen LogP contribution >= 0.6 is 11.6 Å². The highest BCUT2D eigenvalue weighted by atomic mass is 35.5. The second-order valence-electron chi connectivity index (χ2n) is 7.23. The largest absolute Gasteiger partial charge is 0.458 e. The molecule has 35 heavy (non-hydrogen) atoms. The van der Waals surface area contributed by atoms with E-state index in [9.17, 15) is 40.2 Å². The number of aliphatic hydroxyl groups excluding tert-OH is 1. The van der Waals surface area contributed by atoms with Crippen LogP contribution in [0.1, 0.15) is 5.56 Å². The maximum Gasteiger partial charge on any atom is 0.458 e. The number of alkyl halides is 8. The molecule has 188 valence electrons. The first-order valence-corrected chi connectivity index (χ1v) is 10.0. The molecule has 0 saturated carbocycles. The summed E-state index contributed by atoms with van der Waals surface area (Å²) in [5, 5.41) is 9.86. The van der Waals surface area contributed by atoms with Crippen molar-refractivity contribution in [3.8, 4) is 11.5 Å².